The zero-order chi connectivity index (χ0) is 10.1. The molecular weight excluding hydrogens is 172 g/mol. The number of furan rings is 1. The summed E-state index contributed by atoms with van der Waals surface area (Å²) in [5.74, 6) is 1.56. The molecule has 0 bridgehead atoms. The lowest BCUT2D eigenvalue weighted by atomic mass is 10.0. The summed E-state index contributed by atoms with van der Waals surface area (Å²) in [6.07, 6.45) is 1.12. The van der Waals surface area contributed by atoms with Crippen molar-refractivity contribution in [3.05, 3.63) is 35.6 Å². The summed E-state index contributed by atoms with van der Waals surface area (Å²) in [6, 6.07) is 9.55. The Hall–Kier alpha value is -1.24. The summed E-state index contributed by atoms with van der Waals surface area (Å²) < 4.78 is 5.47. The molecule has 0 aliphatic carbocycles. The number of hydrogen-bond donors (Lipinski definition) is 0. The second kappa shape index (κ2) is 3.49. The van der Waals surface area contributed by atoms with Crippen LogP contribution in [0.1, 0.15) is 25.2 Å². The molecule has 1 heterocycles. The number of fused-ring (bicyclic) bond motifs is 1. The third kappa shape index (κ3) is 1.82. The molecule has 1 heteroatoms. The summed E-state index contributed by atoms with van der Waals surface area (Å²) >= 11 is 0. The van der Waals surface area contributed by atoms with Crippen LogP contribution >= 0.6 is 0 Å². The molecule has 0 fully saturated rings. The number of rotatable bonds is 2. The molecule has 0 saturated heterocycles. The highest BCUT2D eigenvalue weighted by molar-refractivity contribution is 5.77. The van der Waals surface area contributed by atoms with Crippen LogP contribution in [0.25, 0.3) is 11.0 Å². The van der Waals surface area contributed by atoms with Crippen LogP contribution in [0.5, 0.6) is 0 Å². The fraction of sp³-hybridized carbons (Fsp3) is 0.385. The van der Waals surface area contributed by atoms with Crippen molar-refractivity contribution in [2.75, 3.05) is 0 Å². The summed E-state index contributed by atoms with van der Waals surface area (Å²) in [5, 5.41) is 1.10. The van der Waals surface area contributed by atoms with Crippen LogP contribution in [0.4, 0.5) is 0 Å². The van der Waals surface area contributed by atoms with Gasteiger partial charge in [-0.25, -0.2) is 0 Å². The minimum absolute atomic E-state index is 0.695. The van der Waals surface area contributed by atoms with E-state index in [1.165, 1.54) is 5.56 Å². The lowest BCUT2D eigenvalue weighted by molar-refractivity contribution is 0.577. The highest BCUT2D eigenvalue weighted by Crippen LogP contribution is 2.20. The molecule has 0 spiro atoms. The third-order valence-corrected chi connectivity index (χ3v) is 2.26. The van der Waals surface area contributed by atoms with Gasteiger partial charge < -0.3 is 4.42 Å². The average Bonchev–Trinajstić information content (AvgIpc) is 2.42. The van der Waals surface area contributed by atoms with E-state index in [1.807, 2.05) is 13.0 Å². The molecule has 0 unspecified atom stereocenters. The van der Waals surface area contributed by atoms with Gasteiger partial charge in [-0.1, -0.05) is 19.9 Å². The molecule has 1 radical (unpaired) electrons. The molecule has 2 aromatic rings. The predicted molar refractivity (Wildman–Crippen MR) is 58.3 cm³/mol. The maximum Gasteiger partial charge on any atom is 0.134 e. The van der Waals surface area contributed by atoms with Gasteiger partial charge in [-0.3, -0.25) is 0 Å². The molecule has 0 atom stereocenters. The van der Waals surface area contributed by atoms with Crippen molar-refractivity contribution in [1.82, 2.24) is 0 Å². The van der Waals surface area contributed by atoms with Crippen molar-refractivity contribution in [3.63, 3.8) is 0 Å². The monoisotopic (exact) mass is 187 g/mol. The van der Waals surface area contributed by atoms with Crippen LogP contribution < -0.4 is 0 Å². The molecule has 2 rings (SSSR count). The van der Waals surface area contributed by atoms with Gasteiger partial charge in [0, 0.05) is 11.5 Å². The SMILES string of the molecule is Cc1[c]c2cc(CC(C)C)ccc2o1. The summed E-state index contributed by atoms with van der Waals surface area (Å²) in [5.41, 5.74) is 2.31. The van der Waals surface area contributed by atoms with E-state index < -0.39 is 0 Å². The molecule has 0 aliphatic rings. The van der Waals surface area contributed by atoms with E-state index in [4.69, 9.17) is 4.42 Å². The molecule has 0 N–H and O–H groups in total. The zero-order valence-electron chi connectivity index (χ0n) is 8.92. The van der Waals surface area contributed by atoms with Crippen molar-refractivity contribution in [1.29, 1.82) is 0 Å². The predicted octanol–water partition coefficient (Wildman–Crippen LogP) is 3.74. The first-order valence-electron chi connectivity index (χ1n) is 5.06. The van der Waals surface area contributed by atoms with Crippen molar-refractivity contribution in [2.24, 2.45) is 5.92 Å². The van der Waals surface area contributed by atoms with Crippen LogP contribution in [0, 0.1) is 18.9 Å². The van der Waals surface area contributed by atoms with Gasteiger partial charge in [0.15, 0.2) is 0 Å². The van der Waals surface area contributed by atoms with E-state index in [2.05, 4.69) is 32.0 Å². The van der Waals surface area contributed by atoms with Crippen LogP contribution in [0.15, 0.2) is 22.6 Å². The molecule has 1 aromatic carbocycles. The van der Waals surface area contributed by atoms with E-state index in [1.54, 1.807) is 0 Å². The minimum atomic E-state index is 0.695. The van der Waals surface area contributed by atoms with Gasteiger partial charge in [-0.05, 0) is 37.0 Å². The number of aryl methyl sites for hydroxylation is 1. The van der Waals surface area contributed by atoms with Crippen molar-refractivity contribution in [3.8, 4) is 0 Å². The highest BCUT2D eigenvalue weighted by atomic mass is 16.3. The first kappa shape index (κ1) is 9.32. The topological polar surface area (TPSA) is 13.1 Å². The van der Waals surface area contributed by atoms with Gasteiger partial charge in [0.05, 0.1) is 0 Å². The lowest BCUT2D eigenvalue weighted by Gasteiger charge is -2.03. The van der Waals surface area contributed by atoms with Crippen LogP contribution in [0.3, 0.4) is 0 Å². The first-order chi connectivity index (χ1) is 6.65. The summed E-state index contributed by atoms with van der Waals surface area (Å²) in [7, 11) is 0. The number of benzene rings is 1. The Morgan fingerprint density at radius 3 is 2.86 bits per heavy atom. The average molecular weight is 187 g/mol. The Balaban J connectivity index is 2.40. The Labute approximate surface area is 84.7 Å². The Morgan fingerprint density at radius 1 is 1.36 bits per heavy atom. The van der Waals surface area contributed by atoms with Gasteiger partial charge >= 0.3 is 0 Å². The normalized spacial score (nSPS) is 11.4. The van der Waals surface area contributed by atoms with Crippen molar-refractivity contribution >= 4 is 11.0 Å². The van der Waals surface area contributed by atoms with Gasteiger partial charge in [-0.15, -0.1) is 0 Å². The summed E-state index contributed by atoms with van der Waals surface area (Å²) in [4.78, 5) is 0. The molecule has 73 valence electrons. The van der Waals surface area contributed by atoms with Crippen molar-refractivity contribution < 1.29 is 4.42 Å². The fourth-order valence-electron chi connectivity index (χ4n) is 1.74. The first-order valence-corrected chi connectivity index (χ1v) is 5.06. The highest BCUT2D eigenvalue weighted by Gasteiger charge is 2.03. The van der Waals surface area contributed by atoms with Crippen molar-refractivity contribution in [2.45, 2.75) is 27.2 Å². The lowest BCUT2D eigenvalue weighted by Crippen LogP contribution is -1.92. The Bertz CT molecular complexity index is 437. The van der Waals surface area contributed by atoms with Gasteiger partial charge in [0.1, 0.15) is 11.3 Å². The molecule has 1 nitrogen and oxygen atoms in total. The molecule has 0 aliphatic heterocycles. The second-order valence-electron chi connectivity index (χ2n) is 4.21. The van der Waals surface area contributed by atoms with E-state index in [-0.39, 0.29) is 0 Å². The van der Waals surface area contributed by atoms with Gasteiger partial charge in [0.2, 0.25) is 0 Å². The fourth-order valence-corrected chi connectivity index (χ4v) is 1.74. The maximum atomic E-state index is 5.47. The quantitative estimate of drug-likeness (QED) is 0.698. The minimum Gasteiger partial charge on any atom is -0.461 e. The van der Waals surface area contributed by atoms with E-state index in [9.17, 15) is 0 Å². The third-order valence-electron chi connectivity index (χ3n) is 2.26. The van der Waals surface area contributed by atoms with Crippen LogP contribution in [-0.2, 0) is 6.42 Å². The molecular formula is C13H15O. The second-order valence-corrected chi connectivity index (χ2v) is 4.21. The van der Waals surface area contributed by atoms with Crippen LogP contribution in [0.2, 0.25) is 0 Å². The molecule has 0 amide bonds. The smallest absolute Gasteiger partial charge is 0.134 e. The largest absolute Gasteiger partial charge is 0.461 e. The molecule has 0 saturated carbocycles. The Morgan fingerprint density at radius 2 is 2.14 bits per heavy atom. The molecule has 14 heavy (non-hydrogen) atoms. The van der Waals surface area contributed by atoms with E-state index >= 15 is 0 Å². The van der Waals surface area contributed by atoms with Gasteiger partial charge in [0.25, 0.3) is 0 Å². The van der Waals surface area contributed by atoms with E-state index in [0.29, 0.717) is 5.92 Å². The molecule has 1 aromatic heterocycles. The van der Waals surface area contributed by atoms with Crippen LogP contribution in [-0.4, -0.2) is 0 Å². The standard InChI is InChI=1S/C13H15O/c1-9(2)6-11-4-5-13-12(8-11)7-10(3)14-13/h4-5,8-9H,6H2,1-3H3. The zero-order valence-corrected chi connectivity index (χ0v) is 8.92. The maximum absolute atomic E-state index is 5.47. The summed E-state index contributed by atoms with van der Waals surface area (Å²) in [6.45, 7) is 6.39. The van der Waals surface area contributed by atoms with E-state index in [0.717, 1.165) is 23.2 Å². The Kier molecular flexibility index (Phi) is 2.32. The number of hydrogen-bond acceptors (Lipinski definition) is 1. The van der Waals surface area contributed by atoms with Gasteiger partial charge in [-0.2, -0.15) is 0 Å².